The summed E-state index contributed by atoms with van der Waals surface area (Å²) in [6, 6.07) is 8.41. The van der Waals surface area contributed by atoms with Gasteiger partial charge in [-0.1, -0.05) is 0 Å². The molecule has 0 saturated carbocycles. The Labute approximate surface area is 155 Å². The van der Waals surface area contributed by atoms with Gasteiger partial charge in [-0.3, -0.25) is 4.79 Å². The second-order valence-electron chi connectivity index (χ2n) is 4.79. The van der Waals surface area contributed by atoms with Crippen LogP contribution in [-0.4, -0.2) is 33.2 Å². The molecule has 28 heavy (non-hydrogen) atoms. The molecule has 0 N–H and O–H groups in total. The summed E-state index contributed by atoms with van der Waals surface area (Å²) in [6.07, 6.45) is -9.02. The molecule has 0 aliphatic rings. The minimum Gasteiger partial charge on any atom is -0.497 e. The Morgan fingerprint density at radius 3 is 1.61 bits per heavy atom. The molecule has 0 bridgehead atoms. The molecule has 0 saturated heterocycles. The average molecular weight is 412 g/mol. The third-order valence-corrected chi connectivity index (χ3v) is 2.85. The van der Waals surface area contributed by atoms with Crippen LogP contribution in [0.2, 0.25) is 0 Å². The molecule has 0 unspecified atom stereocenters. The zero-order chi connectivity index (χ0) is 21.4. The van der Waals surface area contributed by atoms with Gasteiger partial charge in [0, 0.05) is 0 Å². The Morgan fingerprint density at radius 1 is 0.714 bits per heavy atom. The number of benzene rings is 2. The Kier molecular flexibility index (Phi) is 7.96. The first-order valence-electron chi connectivity index (χ1n) is 7.26. The third-order valence-electron chi connectivity index (χ3n) is 2.85. The minimum absolute atomic E-state index is 0.000694. The van der Waals surface area contributed by atoms with Crippen LogP contribution in [0.4, 0.5) is 26.3 Å². The number of carbonyl (C=O) groups is 1. The number of methoxy groups -OCH3 is 2. The van der Waals surface area contributed by atoms with E-state index in [1.54, 1.807) is 0 Å². The van der Waals surface area contributed by atoms with Gasteiger partial charge < -0.3 is 18.9 Å². The molecule has 0 amide bonds. The maximum Gasteiger partial charge on any atom is 0.573 e. The molecule has 154 valence electrons. The van der Waals surface area contributed by atoms with Crippen LogP contribution in [0.1, 0.15) is 10.4 Å². The molecule has 0 aliphatic heterocycles. The lowest BCUT2D eigenvalue weighted by molar-refractivity contribution is -0.275. The van der Waals surface area contributed by atoms with Crippen LogP contribution < -0.4 is 18.9 Å². The summed E-state index contributed by atoms with van der Waals surface area (Å²) in [4.78, 5) is 10.5. The lowest BCUT2D eigenvalue weighted by Gasteiger charge is -2.10. The van der Waals surface area contributed by atoms with E-state index in [0.717, 1.165) is 12.1 Å². The van der Waals surface area contributed by atoms with Crippen LogP contribution in [0, 0.1) is 0 Å². The highest BCUT2D eigenvalue weighted by atomic mass is 19.4. The van der Waals surface area contributed by atoms with Gasteiger partial charge in [-0.2, -0.15) is 0 Å². The van der Waals surface area contributed by atoms with Crippen molar-refractivity contribution < 1.29 is 50.1 Å². The predicted molar refractivity (Wildman–Crippen MR) is 84.7 cm³/mol. The molecule has 11 heteroatoms. The van der Waals surface area contributed by atoms with Crippen molar-refractivity contribution >= 4 is 6.29 Å². The monoisotopic (exact) mass is 412 g/mol. The van der Waals surface area contributed by atoms with Crippen molar-refractivity contribution in [2.45, 2.75) is 12.7 Å². The number of hydrogen-bond donors (Lipinski definition) is 0. The van der Waals surface area contributed by atoms with Gasteiger partial charge >= 0.3 is 12.7 Å². The van der Waals surface area contributed by atoms with Crippen molar-refractivity contribution in [3.8, 4) is 23.0 Å². The first-order valence-corrected chi connectivity index (χ1v) is 7.26. The largest absolute Gasteiger partial charge is 0.573 e. The summed E-state index contributed by atoms with van der Waals surface area (Å²) in [5.74, 6) is -0.0345. The number of ether oxygens (including phenoxy) is 4. The number of halogens is 6. The maximum atomic E-state index is 11.8. The topological polar surface area (TPSA) is 54.0 Å². The molecule has 2 rings (SSSR count). The van der Waals surface area contributed by atoms with Gasteiger partial charge in [-0.25, -0.2) is 0 Å². The van der Waals surface area contributed by atoms with Crippen molar-refractivity contribution in [2.75, 3.05) is 14.2 Å². The zero-order valence-corrected chi connectivity index (χ0v) is 14.4. The SMILES string of the molecule is COc1ccc(OC(F)(F)F)cc1.COc1ccc(OC(F)(F)F)cc1C=O. The standard InChI is InChI=1S/C9H7F3O3.C8H7F3O2/c1-14-8-3-2-7(4-6(8)5-13)15-9(10,11)12;1-12-6-2-4-7(5-3-6)13-8(9,10)11/h2-5H,1H3;2-5H,1H3. The predicted octanol–water partition coefficient (Wildman–Crippen LogP) is 5.00. The van der Waals surface area contributed by atoms with Crippen molar-refractivity contribution in [2.24, 2.45) is 0 Å². The summed E-state index contributed by atoms with van der Waals surface area (Å²) >= 11 is 0. The Morgan fingerprint density at radius 2 is 1.18 bits per heavy atom. The van der Waals surface area contributed by atoms with Gasteiger partial charge in [0.05, 0.1) is 19.8 Å². The van der Waals surface area contributed by atoms with Crippen molar-refractivity contribution in [3.63, 3.8) is 0 Å². The number of alkyl halides is 6. The van der Waals surface area contributed by atoms with Crippen LogP contribution in [0.25, 0.3) is 0 Å². The van der Waals surface area contributed by atoms with Crippen molar-refractivity contribution in [3.05, 3.63) is 48.0 Å². The van der Waals surface area contributed by atoms with Gasteiger partial charge in [0.15, 0.2) is 6.29 Å². The van der Waals surface area contributed by atoms with Gasteiger partial charge in [0.2, 0.25) is 0 Å². The lowest BCUT2D eigenvalue weighted by Crippen LogP contribution is -2.17. The normalized spacial score (nSPS) is 11.0. The van der Waals surface area contributed by atoms with Gasteiger partial charge in [0.25, 0.3) is 0 Å². The van der Waals surface area contributed by atoms with E-state index in [0.29, 0.717) is 12.0 Å². The van der Waals surface area contributed by atoms with Crippen LogP contribution in [0.3, 0.4) is 0 Å². The van der Waals surface area contributed by atoms with E-state index in [2.05, 4.69) is 9.47 Å². The van der Waals surface area contributed by atoms with E-state index in [4.69, 9.17) is 9.47 Å². The molecule has 0 heterocycles. The summed E-state index contributed by atoms with van der Waals surface area (Å²) in [5, 5.41) is 0. The number of rotatable bonds is 5. The molecule has 0 aliphatic carbocycles. The summed E-state index contributed by atoms with van der Waals surface area (Å²) < 4.78 is 87.3. The molecule has 0 aromatic heterocycles. The van der Waals surface area contributed by atoms with Crippen molar-refractivity contribution in [1.82, 2.24) is 0 Å². The van der Waals surface area contributed by atoms with Crippen molar-refractivity contribution in [1.29, 1.82) is 0 Å². The van der Waals surface area contributed by atoms with E-state index < -0.39 is 18.5 Å². The molecule has 2 aromatic carbocycles. The molecule has 0 atom stereocenters. The molecule has 2 aromatic rings. The highest BCUT2D eigenvalue weighted by molar-refractivity contribution is 5.80. The van der Waals surface area contributed by atoms with Crippen LogP contribution >= 0.6 is 0 Å². The second-order valence-corrected chi connectivity index (χ2v) is 4.79. The first kappa shape index (κ1) is 22.9. The minimum atomic E-state index is -4.77. The van der Waals surface area contributed by atoms with E-state index in [1.807, 2.05) is 0 Å². The van der Waals surface area contributed by atoms with Gasteiger partial charge in [0.1, 0.15) is 23.0 Å². The molecule has 5 nitrogen and oxygen atoms in total. The molecule has 0 fully saturated rings. The fraction of sp³-hybridized carbons (Fsp3) is 0.235. The van der Waals surface area contributed by atoms with E-state index in [1.165, 1.54) is 44.6 Å². The fourth-order valence-electron chi connectivity index (χ4n) is 1.78. The number of aldehydes is 1. The highest BCUT2D eigenvalue weighted by Crippen LogP contribution is 2.27. The summed E-state index contributed by atoms with van der Waals surface area (Å²) in [5.41, 5.74) is -0.000694. The first-order chi connectivity index (χ1) is 13.0. The molecular weight excluding hydrogens is 398 g/mol. The highest BCUT2D eigenvalue weighted by Gasteiger charge is 2.31. The summed E-state index contributed by atoms with van der Waals surface area (Å²) in [7, 11) is 2.74. The van der Waals surface area contributed by atoms with Gasteiger partial charge in [-0.15, -0.1) is 26.3 Å². The molecular formula is C17H14F6O5. The lowest BCUT2D eigenvalue weighted by atomic mass is 10.2. The molecule has 0 radical (unpaired) electrons. The van der Waals surface area contributed by atoms with Crippen LogP contribution in [-0.2, 0) is 0 Å². The smallest absolute Gasteiger partial charge is 0.497 e. The number of hydrogen-bond acceptors (Lipinski definition) is 5. The zero-order valence-electron chi connectivity index (χ0n) is 14.4. The Hall–Kier alpha value is -3.11. The van der Waals surface area contributed by atoms with E-state index in [-0.39, 0.29) is 17.1 Å². The van der Waals surface area contributed by atoms with Crippen LogP contribution in [0.5, 0.6) is 23.0 Å². The Balaban J connectivity index is 0.000000283. The fourth-order valence-corrected chi connectivity index (χ4v) is 1.78. The van der Waals surface area contributed by atoms with E-state index in [9.17, 15) is 31.1 Å². The summed E-state index contributed by atoms with van der Waals surface area (Å²) in [6.45, 7) is 0. The van der Waals surface area contributed by atoms with E-state index >= 15 is 0 Å². The average Bonchev–Trinajstić information content (AvgIpc) is 2.60. The van der Waals surface area contributed by atoms with Crippen LogP contribution in [0.15, 0.2) is 42.5 Å². The maximum absolute atomic E-state index is 11.8. The third kappa shape index (κ3) is 8.52. The second kappa shape index (κ2) is 9.72. The Bertz CT molecular complexity index is 756. The number of carbonyl (C=O) groups excluding carboxylic acids is 1. The molecule has 0 spiro atoms. The van der Waals surface area contributed by atoms with Gasteiger partial charge in [-0.05, 0) is 42.5 Å². The quantitative estimate of drug-likeness (QED) is 0.511.